The molecule has 1 aliphatic rings. The van der Waals surface area contributed by atoms with Gasteiger partial charge in [0.05, 0.1) is 0 Å². The van der Waals surface area contributed by atoms with Crippen LogP contribution in [0, 0.1) is 0 Å². The van der Waals surface area contributed by atoms with Gasteiger partial charge in [0.15, 0.2) is 0 Å². The molecule has 1 aromatic rings. The normalized spacial score (nSPS) is 12.9. The Morgan fingerprint density at radius 2 is 1.69 bits per heavy atom. The van der Waals surface area contributed by atoms with Gasteiger partial charge in [-0.15, -0.1) is 0 Å². The molecule has 0 bridgehead atoms. The van der Waals surface area contributed by atoms with Crippen LogP contribution >= 0.6 is 0 Å². The minimum atomic E-state index is 0.997. The first-order chi connectivity index (χ1) is 6.36. The summed E-state index contributed by atoms with van der Waals surface area (Å²) >= 11 is 0. The molecule has 13 heavy (non-hydrogen) atoms. The Morgan fingerprint density at radius 3 is 2.38 bits per heavy atom. The largest absolute Gasteiger partial charge is 0.0955 e. The van der Waals surface area contributed by atoms with E-state index in [2.05, 4.69) is 43.0 Å². The van der Waals surface area contributed by atoms with Gasteiger partial charge in [-0.3, -0.25) is 0 Å². The van der Waals surface area contributed by atoms with Crippen molar-refractivity contribution in [2.24, 2.45) is 0 Å². The zero-order valence-corrected chi connectivity index (χ0v) is 8.38. The fourth-order valence-corrected chi connectivity index (χ4v) is 1.35. The van der Waals surface area contributed by atoms with Gasteiger partial charge in [-0.2, -0.15) is 0 Å². The second-order valence-corrected chi connectivity index (χ2v) is 2.84. The summed E-state index contributed by atoms with van der Waals surface area (Å²) in [6.45, 7) is 7.93. The van der Waals surface area contributed by atoms with E-state index in [1.165, 1.54) is 16.0 Å². The maximum atomic E-state index is 3.93. The summed E-state index contributed by atoms with van der Waals surface area (Å²) in [6.07, 6.45) is 5.37. The van der Waals surface area contributed by atoms with E-state index in [0.717, 1.165) is 6.42 Å². The van der Waals surface area contributed by atoms with E-state index < -0.39 is 0 Å². The predicted octanol–water partition coefficient (Wildman–Crippen LogP) is 2.23. The van der Waals surface area contributed by atoms with Crippen molar-refractivity contribution in [1.82, 2.24) is 0 Å². The lowest BCUT2D eigenvalue weighted by atomic mass is 10.0. The zero-order valence-electron chi connectivity index (χ0n) is 8.38. The molecule has 0 heterocycles. The topological polar surface area (TPSA) is 0 Å². The third-order valence-electron chi connectivity index (χ3n) is 1.94. The first kappa shape index (κ1) is 9.79. The van der Waals surface area contributed by atoms with Crippen LogP contribution < -0.4 is 10.4 Å². The van der Waals surface area contributed by atoms with Crippen LogP contribution in [0.5, 0.6) is 0 Å². The highest BCUT2D eigenvalue weighted by molar-refractivity contribution is 5.54. The van der Waals surface area contributed by atoms with Crippen LogP contribution in [0.3, 0.4) is 0 Å². The van der Waals surface area contributed by atoms with Gasteiger partial charge in [0, 0.05) is 0 Å². The Bertz CT molecular complexity index is 396. The molecule has 0 N–H and O–H groups in total. The smallest absolute Gasteiger partial charge is 0.00939 e. The lowest BCUT2D eigenvalue weighted by Crippen LogP contribution is -2.25. The standard InChI is InChI=1S/C11H10.C2H6/c1-9-6-7-10-4-2-3-5-11(10)8-9;1-2/h2-5,7-8H,1,6H2;1-2H3. The number of rotatable bonds is 0. The molecule has 0 aliphatic heterocycles. The van der Waals surface area contributed by atoms with Gasteiger partial charge >= 0.3 is 0 Å². The van der Waals surface area contributed by atoms with Gasteiger partial charge in [0.2, 0.25) is 0 Å². The minimum absolute atomic E-state index is 0.997. The summed E-state index contributed by atoms with van der Waals surface area (Å²) in [5, 5.41) is 2.63. The van der Waals surface area contributed by atoms with Crippen LogP contribution in [-0.4, -0.2) is 0 Å². The SMILES string of the molecule is C=C1C=c2ccccc2=CC1.CC. The molecule has 0 saturated carbocycles. The van der Waals surface area contributed by atoms with E-state index in [4.69, 9.17) is 0 Å². The molecule has 0 atom stereocenters. The highest BCUT2D eigenvalue weighted by atomic mass is 14.0. The summed E-state index contributed by atoms with van der Waals surface area (Å²) in [5.41, 5.74) is 1.20. The molecule has 0 spiro atoms. The molecule has 68 valence electrons. The summed E-state index contributed by atoms with van der Waals surface area (Å²) in [4.78, 5) is 0. The molecule has 0 aromatic heterocycles. The molecule has 0 unspecified atom stereocenters. The summed E-state index contributed by atoms with van der Waals surface area (Å²) < 4.78 is 0. The Hall–Kier alpha value is -1.30. The van der Waals surface area contributed by atoms with E-state index in [-0.39, 0.29) is 0 Å². The van der Waals surface area contributed by atoms with Crippen molar-refractivity contribution in [3.8, 4) is 0 Å². The Kier molecular flexibility index (Phi) is 3.51. The van der Waals surface area contributed by atoms with Crippen molar-refractivity contribution >= 4 is 12.2 Å². The van der Waals surface area contributed by atoms with Crippen molar-refractivity contribution in [3.05, 3.63) is 46.9 Å². The Balaban J connectivity index is 0.000000396. The number of allylic oxidation sites excluding steroid dienone is 1. The van der Waals surface area contributed by atoms with Crippen LogP contribution in [0.2, 0.25) is 0 Å². The highest BCUT2D eigenvalue weighted by Gasteiger charge is 1.93. The number of hydrogen-bond acceptors (Lipinski definition) is 0. The lowest BCUT2D eigenvalue weighted by molar-refractivity contribution is 1.33. The van der Waals surface area contributed by atoms with E-state index in [1.54, 1.807) is 0 Å². The summed E-state index contributed by atoms with van der Waals surface area (Å²) in [7, 11) is 0. The van der Waals surface area contributed by atoms with Crippen molar-refractivity contribution in [2.75, 3.05) is 0 Å². The minimum Gasteiger partial charge on any atom is -0.0955 e. The maximum absolute atomic E-state index is 3.93. The van der Waals surface area contributed by atoms with Gasteiger partial charge in [0.25, 0.3) is 0 Å². The third-order valence-corrected chi connectivity index (χ3v) is 1.94. The maximum Gasteiger partial charge on any atom is -0.00939 e. The highest BCUT2D eigenvalue weighted by Crippen LogP contribution is 2.01. The molecular weight excluding hydrogens is 156 g/mol. The fourth-order valence-electron chi connectivity index (χ4n) is 1.35. The van der Waals surface area contributed by atoms with Crippen LogP contribution in [0.25, 0.3) is 12.2 Å². The second kappa shape index (κ2) is 4.66. The van der Waals surface area contributed by atoms with E-state index >= 15 is 0 Å². The van der Waals surface area contributed by atoms with E-state index in [1.807, 2.05) is 13.8 Å². The summed E-state index contributed by atoms with van der Waals surface area (Å²) in [5.74, 6) is 0. The monoisotopic (exact) mass is 172 g/mol. The van der Waals surface area contributed by atoms with E-state index in [9.17, 15) is 0 Å². The number of benzene rings is 1. The molecular formula is C13H16. The molecule has 0 radical (unpaired) electrons. The predicted molar refractivity (Wildman–Crippen MR) is 59.7 cm³/mol. The number of fused-ring (bicyclic) bond motifs is 1. The molecule has 0 saturated heterocycles. The van der Waals surface area contributed by atoms with Gasteiger partial charge < -0.3 is 0 Å². The van der Waals surface area contributed by atoms with Crippen molar-refractivity contribution in [2.45, 2.75) is 20.3 Å². The fraction of sp³-hybridized carbons (Fsp3) is 0.231. The second-order valence-electron chi connectivity index (χ2n) is 2.84. The first-order valence-electron chi connectivity index (χ1n) is 4.81. The molecule has 0 heteroatoms. The lowest BCUT2D eigenvalue weighted by Gasteiger charge is -2.00. The van der Waals surface area contributed by atoms with Crippen LogP contribution in [0.1, 0.15) is 20.3 Å². The quantitative estimate of drug-likeness (QED) is 0.563. The Labute approximate surface area is 79.9 Å². The average Bonchev–Trinajstić information content (AvgIpc) is 2.21. The van der Waals surface area contributed by atoms with Gasteiger partial charge in [-0.25, -0.2) is 0 Å². The van der Waals surface area contributed by atoms with Crippen LogP contribution in [-0.2, 0) is 0 Å². The van der Waals surface area contributed by atoms with Crippen molar-refractivity contribution in [1.29, 1.82) is 0 Å². The van der Waals surface area contributed by atoms with Gasteiger partial charge in [-0.05, 0) is 16.9 Å². The molecule has 0 amide bonds. The van der Waals surface area contributed by atoms with E-state index in [0.29, 0.717) is 0 Å². The molecule has 2 rings (SSSR count). The first-order valence-corrected chi connectivity index (χ1v) is 4.81. The van der Waals surface area contributed by atoms with Crippen LogP contribution in [0.15, 0.2) is 36.4 Å². The molecule has 0 fully saturated rings. The van der Waals surface area contributed by atoms with Gasteiger partial charge in [0.1, 0.15) is 0 Å². The number of hydrogen-bond donors (Lipinski definition) is 0. The van der Waals surface area contributed by atoms with Gasteiger partial charge in [-0.1, -0.05) is 62.4 Å². The molecule has 1 aliphatic carbocycles. The van der Waals surface area contributed by atoms with Crippen LogP contribution in [0.4, 0.5) is 0 Å². The zero-order chi connectivity index (χ0) is 9.68. The molecule has 1 aromatic carbocycles. The van der Waals surface area contributed by atoms with Crippen molar-refractivity contribution < 1.29 is 0 Å². The third kappa shape index (κ3) is 2.32. The summed E-state index contributed by atoms with van der Waals surface area (Å²) in [6, 6.07) is 8.38. The average molecular weight is 172 g/mol. The van der Waals surface area contributed by atoms with Crippen molar-refractivity contribution in [3.63, 3.8) is 0 Å². The molecule has 0 nitrogen and oxygen atoms in total. The Morgan fingerprint density at radius 1 is 1.08 bits per heavy atom.